The molecule has 0 aliphatic heterocycles. The van der Waals surface area contributed by atoms with Crippen LogP contribution in [0, 0.1) is 0 Å². The number of nitrogens with zero attached hydrogens (tertiary/aromatic N) is 1. The van der Waals surface area contributed by atoms with Crippen molar-refractivity contribution in [3.8, 4) is 0 Å². The number of aromatic nitrogens is 2. The molecule has 1 aromatic heterocycles. The second-order valence-electron chi connectivity index (χ2n) is 6.33. The van der Waals surface area contributed by atoms with Gasteiger partial charge in [0.05, 0.1) is 0 Å². The fourth-order valence-corrected chi connectivity index (χ4v) is 4.69. The number of benzene rings is 2. The van der Waals surface area contributed by atoms with Crippen molar-refractivity contribution in [2.24, 2.45) is 0 Å². The van der Waals surface area contributed by atoms with Gasteiger partial charge in [-0.3, -0.25) is 0 Å². The van der Waals surface area contributed by atoms with E-state index in [-0.39, 0.29) is 12.3 Å². The number of rotatable bonds is 9. The van der Waals surface area contributed by atoms with Gasteiger partial charge < -0.3 is 0 Å². The van der Waals surface area contributed by atoms with Gasteiger partial charge in [0.25, 0.3) is 0 Å². The van der Waals surface area contributed by atoms with Crippen molar-refractivity contribution in [3.05, 3.63) is 98.3 Å². The second kappa shape index (κ2) is 10.2. The first-order valence-electron chi connectivity index (χ1n) is 9.33. The van der Waals surface area contributed by atoms with Crippen LogP contribution in [-0.4, -0.2) is 31.1 Å². The van der Waals surface area contributed by atoms with Gasteiger partial charge in [0, 0.05) is 0 Å². The van der Waals surface area contributed by atoms with E-state index in [4.69, 9.17) is 4.74 Å². The SMILES string of the molecule is CCc1c(Cc2ccccc2)n(COCC[Se]c2ccccc2)c(=O)[nH]c1=O. The van der Waals surface area contributed by atoms with Crippen LogP contribution in [0.3, 0.4) is 0 Å². The van der Waals surface area contributed by atoms with Crippen LogP contribution in [0.15, 0.2) is 70.3 Å². The fourth-order valence-electron chi connectivity index (χ4n) is 3.04. The van der Waals surface area contributed by atoms with Gasteiger partial charge in [-0.2, -0.15) is 0 Å². The Labute approximate surface area is 170 Å². The summed E-state index contributed by atoms with van der Waals surface area (Å²) >= 11 is 0.346. The van der Waals surface area contributed by atoms with Gasteiger partial charge >= 0.3 is 170 Å². The van der Waals surface area contributed by atoms with Gasteiger partial charge in [-0.15, -0.1) is 0 Å². The molecule has 6 heteroatoms. The summed E-state index contributed by atoms with van der Waals surface area (Å²) in [6, 6.07) is 20.2. The van der Waals surface area contributed by atoms with Crippen LogP contribution >= 0.6 is 0 Å². The first kappa shape index (κ1) is 20.3. The molecule has 28 heavy (non-hydrogen) atoms. The van der Waals surface area contributed by atoms with E-state index >= 15 is 0 Å². The molecule has 0 unspecified atom stereocenters. The van der Waals surface area contributed by atoms with Crippen molar-refractivity contribution in [2.45, 2.75) is 31.8 Å². The van der Waals surface area contributed by atoms with Gasteiger partial charge in [-0.05, 0) is 0 Å². The summed E-state index contributed by atoms with van der Waals surface area (Å²) in [4.78, 5) is 27.1. The van der Waals surface area contributed by atoms with E-state index in [9.17, 15) is 9.59 Å². The summed E-state index contributed by atoms with van der Waals surface area (Å²) in [5.74, 6) is 0. The van der Waals surface area contributed by atoms with Crippen molar-refractivity contribution in [1.82, 2.24) is 9.55 Å². The van der Waals surface area contributed by atoms with Crippen LogP contribution in [0.5, 0.6) is 0 Å². The van der Waals surface area contributed by atoms with Crippen LogP contribution in [0.25, 0.3) is 0 Å². The normalized spacial score (nSPS) is 10.9. The number of H-pyrrole nitrogens is 1. The Kier molecular flexibility index (Phi) is 7.43. The standard InChI is InChI=1S/C22H24N2O3Se/c1-2-19-20(15-17-9-5-3-6-10-17)24(22(26)23-21(19)25)16-27-13-14-28-18-11-7-4-8-12-18/h3-12H,2,13-16H2,1H3,(H,23,25,26). The maximum atomic E-state index is 12.4. The second-order valence-corrected chi connectivity index (χ2v) is 8.78. The number of aromatic amines is 1. The zero-order valence-electron chi connectivity index (χ0n) is 15.9. The third-order valence-corrected chi connectivity index (χ3v) is 6.49. The van der Waals surface area contributed by atoms with Crippen LogP contribution in [0.1, 0.15) is 23.7 Å². The molecule has 3 rings (SSSR count). The van der Waals surface area contributed by atoms with Crippen molar-refractivity contribution >= 4 is 19.4 Å². The summed E-state index contributed by atoms with van der Waals surface area (Å²) < 4.78 is 8.69. The minimum atomic E-state index is -0.415. The van der Waals surface area contributed by atoms with E-state index in [0.29, 0.717) is 40.0 Å². The molecule has 5 nitrogen and oxygen atoms in total. The van der Waals surface area contributed by atoms with E-state index in [1.807, 2.05) is 55.5 Å². The molecule has 0 saturated heterocycles. The molecular formula is C22H24N2O3Se. The number of ether oxygens (including phenoxy) is 1. The monoisotopic (exact) mass is 444 g/mol. The molecule has 0 saturated carbocycles. The quantitative estimate of drug-likeness (QED) is 0.407. The van der Waals surface area contributed by atoms with Crippen molar-refractivity contribution < 1.29 is 4.74 Å². The summed E-state index contributed by atoms with van der Waals surface area (Å²) in [7, 11) is 0. The molecule has 146 valence electrons. The molecule has 0 amide bonds. The Morgan fingerprint density at radius 2 is 1.68 bits per heavy atom. The molecule has 0 radical (unpaired) electrons. The summed E-state index contributed by atoms with van der Waals surface area (Å²) in [5.41, 5.74) is 1.71. The van der Waals surface area contributed by atoms with Gasteiger partial charge in [0.15, 0.2) is 0 Å². The molecule has 0 fully saturated rings. The van der Waals surface area contributed by atoms with Crippen LogP contribution in [0.2, 0.25) is 5.32 Å². The number of hydrogen-bond acceptors (Lipinski definition) is 3. The number of hydrogen-bond donors (Lipinski definition) is 1. The molecule has 2 aromatic carbocycles. The molecule has 1 N–H and O–H groups in total. The predicted molar refractivity (Wildman–Crippen MR) is 113 cm³/mol. The van der Waals surface area contributed by atoms with Gasteiger partial charge in [0.1, 0.15) is 0 Å². The Balaban J connectivity index is 1.72. The molecular weight excluding hydrogens is 419 g/mol. The third-order valence-electron chi connectivity index (χ3n) is 4.44. The zero-order chi connectivity index (χ0) is 19.8. The number of nitrogens with one attached hydrogen (secondary N) is 1. The van der Waals surface area contributed by atoms with E-state index in [0.717, 1.165) is 16.6 Å². The average Bonchev–Trinajstić information content (AvgIpc) is 2.71. The van der Waals surface area contributed by atoms with Crippen LogP contribution in [-0.2, 0) is 24.3 Å². The first-order chi connectivity index (χ1) is 13.7. The third kappa shape index (κ3) is 5.32. The van der Waals surface area contributed by atoms with Crippen molar-refractivity contribution in [1.29, 1.82) is 0 Å². The van der Waals surface area contributed by atoms with Gasteiger partial charge in [-0.1, -0.05) is 0 Å². The molecule has 0 aliphatic carbocycles. The Bertz CT molecular complexity index is 998. The molecule has 1 heterocycles. The van der Waals surface area contributed by atoms with E-state index in [1.165, 1.54) is 4.46 Å². The summed E-state index contributed by atoms with van der Waals surface area (Å²) in [6.45, 7) is 2.65. The van der Waals surface area contributed by atoms with E-state index in [2.05, 4.69) is 17.1 Å². The van der Waals surface area contributed by atoms with Crippen LogP contribution < -0.4 is 15.7 Å². The van der Waals surface area contributed by atoms with Crippen LogP contribution in [0.4, 0.5) is 0 Å². The topological polar surface area (TPSA) is 64.1 Å². The van der Waals surface area contributed by atoms with Crippen molar-refractivity contribution in [2.75, 3.05) is 6.61 Å². The average molecular weight is 443 g/mol. The summed E-state index contributed by atoms with van der Waals surface area (Å²) in [5, 5.41) is 0.934. The van der Waals surface area contributed by atoms with E-state index < -0.39 is 5.69 Å². The minimum absolute atomic E-state index is 0.148. The van der Waals surface area contributed by atoms with Gasteiger partial charge in [-0.25, -0.2) is 0 Å². The predicted octanol–water partition coefficient (Wildman–Crippen LogP) is 2.11. The zero-order valence-corrected chi connectivity index (χ0v) is 17.6. The molecule has 0 bridgehead atoms. The Morgan fingerprint density at radius 3 is 2.36 bits per heavy atom. The molecule has 0 spiro atoms. The fraction of sp³-hybridized carbons (Fsp3) is 0.273. The summed E-state index contributed by atoms with van der Waals surface area (Å²) in [6.07, 6.45) is 1.09. The Hall–Kier alpha value is -2.40. The van der Waals surface area contributed by atoms with E-state index in [1.54, 1.807) is 4.57 Å². The van der Waals surface area contributed by atoms with Crippen molar-refractivity contribution in [3.63, 3.8) is 0 Å². The Morgan fingerprint density at radius 1 is 1.00 bits per heavy atom. The molecule has 0 atom stereocenters. The molecule has 3 aromatic rings. The molecule has 0 aliphatic rings. The maximum absolute atomic E-state index is 12.4. The first-order valence-corrected chi connectivity index (χ1v) is 11.4. The van der Waals surface area contributed by atoms with Gasteiger partial charge in [0.2, 0.25) is 0 Å².